The quantitative estimate of drug-likeness (QED) is 0.835. The van der Waals surface area contributed by atoms with Crippen molar-refractivity contribution < 1.29 is 9.18 Å². The Kier molecular flexibility index (Phi) is 3.53. The summed E-state index contributed by atoms with van der Waals surface area (Å²) in [6.45, 7) is 0. The topological polar surface area (TPSA) is 69.1 Å². The summed E-state index contributed by atoms with van der Waals surface area (Å²) in [7, 11) is 0. The Morgan fingerprint density at radius 2 is 1.78 bits per heavy atom. The van der Waals surface area contributed by atoms with Crippen LogP contribution in [-0.4, -0.2) is 5.91 Å². The van der Waals surface area contributed by atoms with Crippen LogP contribution in [-0.2, 0) is 0 Å². The van der Waals surface area contributed by atoms with Crippen molar-refractivity contribution in [3.8, 4) is 0 Å². The van der Waals surface area contributed by atoms with E-state index in [0.717, 1.165) is 4.90 Å². The van der Waals surface area contributed by atoms with E-state index in [-0.39, 0.29) is 5.82 Å². The van der Waals surface area contributed by atoms with Gasteiger partial charge >= 0.3 is 0 Å². The van der Waals surface area contributed by atoms with Gasteiger partial charge in [-0.25, -0.2) is 4.39 Å². The monoisotopic (exact) mass is 262 g/mol. The first kappa shape index (κ1) is 12.4. The first-order valence-corrected chi connectivity index (χ1v) is 6.01. The number of hydrogen-bond donors (Lipinski definition) is 2. The van der Waals surface area contributed by atoms with Gasteiger partial charge in [0, 0.05) is 15.5 Å². The molecule has 0 atom stereocenters. The minimum absolute atomic E-state index is 0.310. The van der Waals surface area contributed by atoms with Crippen molar-refractivity contribution in [2.45, 2.75) is 9.79 Å². The van der Waals surface area contributed by atoms with Crippen LogP contribution in [0.4, 0.5) is 10.1 Å². The average Bonchev–Trinajstić information content (AvgIpc) is 2.34. The van der Waals surface area contributed by atoms with Crippen molar-refractivity contribution in [1.82, 2.24) is 0 Å². The first-order chi connectivity index (χ1) is 8.58. The number of hydrogen-bond acceptors (Lipinski definition) is 3. The van der Waals surface area contributed by atoms with Crippen molar-refractivity contribution >= 4 is 23.4 Å². The third-order valence-corrected chi connectivity index (χ3v) is 3.51. The van der Waals surface area contributed by atoms with Crippen molar-refractivity contribution in [3.05, 3.63) is 53.8 Å². The Balaban J connectivity index is 2.39. The molecule has 0 saturated heterocycles. The number of halogens is 1. The lowest BCUT2D eigenvalue weighted by Gasteiger charge is -2.09. The summed E-state index contributed by atoms with van der Waals surface area (Å²) in [5.41, 5.74) is 12.0. The summed E-state index contributed by atoms with van der Waals surface area (Å²) < 4.78 is 12.8. The predicted octanol–water partition coefficient (Wildman–Crippen LogP) is 2.66. The molecular weight excluding hydrogens is 251 g/mol. The van der Waals surface area contributed by atoms with Crippen LogP contribution in [0.3, 0.4) is 0 Å². The number of amides is 1. The summed E-state index contributed by atoms with van der Waals surface area (Å²) in [5, 5.41) is 0. The fraction of sp³-hybridized carbons (Fsp3) is 0. The predicted molar refractivity (Wildman–Crippen MR) is 69.9 cm³/mol. The molecule has 0 unspecified atom stereocenters. The number of carbonyl (C=O) groups excluding carboxylic acids is 1. The zero-order chi connectivity index (χ0) is 13.1. The van der Waals surface area contributed by atoms with E-state index in [0.29, 0.717) is 16.1 Å². The highest BCUT2D eigenvalue weighted by molar-refractivity contribution is 7.99. The molecule has 92 valence electrons. The van der Waals surface area contributed by atoms with Gasteiger partial charge in [-0.3, -0.25) is 4.79 Å². The van der Waals surface area contributed by atoms with Crippen LogP contribution in [0, 0.1) is 5.82 Å². The molecule has 4 N–H and O–H groups in total. The highest BCUT2D eigenvalue weighted by atomic mass is 32.2. The number of benzene rings is 2. The third kappa shape index (κ3) is 2.62. The van der Waals surface area contributed by atoms with Crippen LogP contribution in [0.2, 0.25) is 0 Å². The zero-order valence-corrected chi connectivity index (χ0v) is 10.2. The van der Waals surface area contributed by atoms with Gasteiger partial charge in [0.15, 0.2) is 0 Å². The van der Waals surface area contributed by atoms with E-state index in [4.69, 9.17) is 11.5 Å². The molecule has 2 rings (SSSR count). The molecule has 5 heteroatoms. The van der Waals surface area contributed by atoms with Crippen LogP contribution in [0.25, 0.3) is 0 Å². The van der Waals surface area contributed by atoms with E-state index in [9.17, 15) is 9.18 Å². The lowest BCUT2D eigenvalue weighted by atomic mass is 10.2. The molecule has 0 bridgehead atoms. The van der Waals surface area contributed by atoms with Crippen molar-refractivity contribution in [2.75, 3.05) is 5.73 Å². The second-order valence-electron chi connectivity index (χ2n) is 3.64. The summed E-state index contributed by atoms with van der Waals surface area (Å²) in [6.07, 6.45) is 0. The highest BCUT2D eigenvalue weighted by Crippen LogP contribution is 2.34. The number of primary amides is 1. The van der Waals surface area contributed by atoms with Crippen LogP contribution < -0.4 is 11.5 Å². The van der Waals surface area contributed by atoms with Gasteiger partial charge in [-0.2, -0.15) is 0 Å². The van der Waals surface area contributed by atoms with Gasteiger partial charge in [-0.05, 0) is 36.4 Å². The molecule has 0 heterocycles. The molecule has 0 fully saturated rings. The van der Waals surface area contributed by atoms with Gasteiger partial charge in [0.1, 0.15) is 5.82 Å². The molecule has 18 heavy (non-hydrogen) atoms. The SMILES string of the molecule is NC(=O)c1cccc(N)c1Sc1ccc(F)cc1. The second kappa shape index (κ2) is 5.10. The van der Waals surface area contributed by atoms with Crippen LogP contribution in [0.1, 0.15) is 10.4 Å². The van der Waals surface area contributed by atoms with Crippen LogP contribution in [0.5, 0.6) is 0 Å². The lowest BCUT2D eigenvalue weighted by molar-refractivity contribution is 0.0997. The summed E-state index contributed by atoms with van der Waals surface area (Å²) in [4.78, 5) is 12.7. The van der Waals surface area contributed by atoms with E-state index in [1.807, 2.05) is 0 Å². The molecule has 0 aliphatic rings. The molecular formula is C13H11FN2OS. The largest absolute Gasteiger partial charge is 0.398 e. The molecule has 0 aliphatic heterocycles. The molecule has 0 radical (unpaired) electrons. The molecule has 3 nitrogen and oxygen atoms in total. The summed E-state index contributed by atoms with van der Waals surface area (Å²) >= 11 is 1.29. The molecule has 0 saturated carbocycles. The maximum absolute atomic E-state index is 12.8. The van der Waals surface area contributed by atoms with E-state index in [2.05, 4.69) is 0 Å². The minimum atomic E-state index is -0.535. The number of rotatable bonds is 3. The molecule has 0 aliphatic carbocycles. The lowest BCUT2D eigenvalue weighted by Crippen LogP contribution is -2.13. The standard InChI is InChI=1S/C13H11FN2OS/c14-8-4-6-9(7-5-8)18-12-10(13(16)17)2-1-3-11(12)15/h1-7H,15H2,(H2,16,17). The minimum Gasteiger partial charge on any atom is -0.398 e. The Bertz CT molecular complexity index is 584. The molecule has 2 aromatic rings. The number of anilines is 1. The summed E-state index contributed by atoms with van der Waals surface area (Å²) in [6, 6.07) is 10.9. The van der Waals surface area contributed by atoms with Crippen LogP contribution in [0.15, 0.2) is 52.3 Å². The second-order valence-corrected chi connectivity index (χ2v) is 4.73. The van der Waals surface area contributed by atoms with Crippen molar-refractivity contribution in [3.63, 3.8) is 0 Å². The van der Waals surface area contributed by atoms with E-state index >= 15 is 0 Å². The number of carbonyl (C=O) groups is 1. The highest BCUT2D eigenvalue weighted by Gasteiger charge is 2.12. The Morgan fingerprint density at radius 1 is 1.11 bits per heavy atom. The normalized spacial score (nSPS) is 10.3. The van der Waals surface area contributed by atoms with Crippen LogP contribution >= 0.6 is 11.8 Å². The van der Waals surface area contributed by atoms with Crippen molar-refractivity contribution in [2.24, 2.45) is 5.73 Å². The molecule has 0 spiro atoms. The van der Waals surface area contributed by atoms with Gasteiger partial charge in [-0.15, -0.1) is 0 Å². The van der Waals surface area contributed by atoms with E-state index < -0.39 is 5.91 Å². The smallest absolute Gasteiger partial charge is 0.249 e. The average molecular weight is 262 g/mol. The van der Waals surface area contributed by atoms with Gasteiger partial charge < -0.3 is 11.5 Å². The zero-order valence-electron chi connectivity index (χ0n) is 9.39. The van der Waals surface area contributed by atoms with Gasteiger partial charge in [0.25, 0.3) is 0 Å². The third-order valence-electron chi connectivity index (χ3n) is 2.34. The fourth-order valence-electron chi connectivity index (χ4n) is 1.48. The maximum atomic E-state index is 12.8. The Labute approximate surface area is 108 Å². The molecule has 0 aromatic heterocycles. The molecule has 2 aromatic carbocycles. The van der Waals surface area contributed by atoms with Gasteiger partial charge in [0.05, 0.1) is 5.56 Å². The van der Waals surface area contributed by atoms with E-state index in [1.165, 1.54) is 23.9 Å². The van der Waals surface area contributed by atoms with Gasteiger partial charge in [-0.1, -0.05) is 17.8 Å². The molecule has 1 amide bonds. The van der Waals surface area contributed by atoms with Crippen molar-refractivity contribution in [1.29, 1.82) is 0 Å². The first-order valence-electron chi connectivity index (χ1n) is 5.19. The Morgan fingerprint density at radius 3 is 2.39 bits per heavy atom. The maximum Gasteiger partial charge on any atom is 0.249 e. The number of nitrogen functional groups attached to an aromatic ring is 1. The Hall–Kier alpha value is -2.01. The number of nitrogens with two attached hydrogens (primary N) is 2. The fourth-order valence-corrected chi connectivity index (χ4v) is 2.46. The van der Waals surface area contributed by atoms with E-state index in [1.54, 1.807) is 30.3 Å². The summed E-state index contributed by atoms with van der Waals surface area (Å²) in [5.74, 6) is -0.845. The van der Waals surface area contributed by atoms with Gasteiger partial charge in [0.2, 0.25) is 5.91 Å².